The second-order valence-corrected chi connectivity index (χ2v) is 5.20. The Balaban J connectivity index is 3.91. The van der Waals surface area contributed by atoms with Crippen molar-refractivity contribution in [3.63, 3.8) is 0 Å². The lowest BCUT2D eigenvalue weighted by Crippen LogP contribution is -2.44. The van der Waals surface area contributed by atoms with E-state index in [0.717, 1.165) is 11.8 Å². The minimum absolute atomic E-state index is 0.0183. The Morgan fingerprint density at radius 1 is 1.12 bits per heavy atom. The third-order valence-electron chi connectivity index (χ3n) is 1.90. The Labute approximate surface area is 104 Å². The summed E-state index contributed by atoms with van der Waals surface area (Å²) >= 11 is 1.01. The van der Waals surface area contributed by atoms with Crippen molar-refractivity contribution in [1.82, 2.24) is 5.32 Å². The highest BCUT2D eigenvalue weighted by molar-refractivity contribution is 8.00. The molecule has 0 radical (unpaired) electrons. The topological polar surface area (TPSA) is 104 Å². The Kier molecular flexibility index (Phi) is 6.64. The molecule has 1 amide bonds. The maximum absolute atomic E-state index is 11.4. The van der Waals surface area contributed by atoms with Gasteiger partial charge in [0, 0.05) is 12.0 Å². The number of aliphatic carboxylic acids is 2. The molecule has 0 atom stereocenters. The van der Waals surface area contributed by atoms with Crippen LogP contribution in [-0.2, 0) is 14.4 Å². The van der Waals surface area contributed by atoms with Crippen molar-refractivity contribution in [1.29, 1.82) is 0 Å². The van der Waals surface area contributed by atoms with Crippen LogP contribution in [-0.4, -0.2) is 45.1 Å². The van der Waals surface area contributed by atoms with E-state index in [-0.39, 0.29) is 23.8 Å². The number of carbonyl (C=O) groups excluding carboxylic acids is 1. The molecule has 0 aromatic carbocycles. The first-order valence-corrected chi connectivity index (χ1v) is 6.21. The first kappa shape index (κ1) is 15.8. The molecule has 0 rings (SSSR count). The number of hydrogen-bond acceptors (Lipinski definition) is 4. The van der Waals surface area contributed by atoms with Crippen molar-refractivity contribution in [2.45, 2.75) is 32.2 Å². The first-order valence-electron chi connectivity index (χ1n) is 5.05. The van der Waals surface area contributed by atoms with Crippen LogP contribution in [0.2, 0.25) is 0 Å². The molecule has 0 heterocycles. The molecule has 0 saturated heterocycles. The van der Waals surface area contributed by atoms with Crippen LogP contribution in [0.15, 0.2) is 0 Å². The summed E-state index contributed by atoms with van der Waals surface area (Å²) in [6, 6.07) is 0. The highest BCUT2D eigenvalue weighted by Gasteiger charge is 2.21. The zero-order chi connectivity index (χ0) is 13.5. The van der Waals surface area contributed by atoms with Gasteiger partial charge < -0.3 is 15.5 Å². The van der Waals surface area contributed by atoms with Crippen LogP contribution < -0.4 is 5.32 Å². The van der Waals surface area contributed by atoms with Crippen LogP contribution >= 0.6 is 11.8 Å². The zero-order valence-electron chi connectivity index (χ0n) is 9.86. The summed E-state index contributed by atoms with van der Waals surface area (Å²) in [5.41, 5.74) is -0.598. The van der Waals surface area contributed by atoms with Gasteiger partial charge in [-0.05, 0) is 20.3 Å². The molecule has 0 spiro atoms. The lowest BCUT2D eigenvalue weighted by Gasteiger charge is -2.25. The number of carboxylic acids is 2. The predicted octanol–water partition coefficient (Wildman–Crippen LogP) is 0.564. The molecule has 0 unspecified atom stereocenters. The molecule has 17 heavy (non-hydrogen) atoms. The molecule has 0 aromatic rings. The van der Waals surface area contributed by atoms with Crippen molar-refractivity contribution >= 4 is 29.6 Å². The van der Waals surface area contributed by atoms with Crippen LogP contribution in [0.4, 0.5) is 0 Å². The van der Waals surface area contributed by atoms with Crippen molar-refractivity contribution in [3.8, 4) is 0 Å². The molecular formula is C10H17NO5S. The molecule has 0 fully saturated rings. The fourth-order valence-corrected chi connectivity index (χ4v) is 1.66. The summed E-state index contributed by atoms with van der Waals surface area (Å²) in [7, 11) is 0. The van der Waals surface area contributed by atoms with E-state index >= 15 is 0 Å². The van der Waals surface area contributed by atoms with Gasteiger partial charge in [-0.3, -0.25) is 14.4 Å². The Morgan fingerprint density at radius 2 is 1.71 bits per heavy atom. The average molecular weight is 263 g/mol. The third-order valence-corrected chi connectivity index (χ3v) is 2.82. The van der Waals surface area contributed by atoms with Gasteiger partial charge in [0.2, 0.25) is 5.91 Å². The van der Waals surface area contributed by atoms with Crippen LogP contribution in [0, 0.1) is 0 Å². The second kappa shape index (κ2) is 7.16. The summed E-state index contributed by atoms with van der Waals surface area (Å²) in [6.07, 6.45) is 0.313. The molecule has 7 heteroatoms. The van der Waals surface area contributed by atoms with Crippen LogP contribution in [0.1, 0.15) is 26.7 Å². The lowest BCUT2D eigenvalue weighted by atomic mass is 9.98. The van der Waals surface area contributed by atoms with Gasteiger partial charge in [-0.15, -0.1) is 11.8 Å². The minimum atomic E-state index is -0.965. The van der Waals surface area contributed by atoms with Crippen LogP contribution in [0.25, 0.3) is 0 Å². The molecule has 0 aliphatic heterocycles. The van der Waals surface area contributed by atoms with E-state index in [1.807, 2.05) is 0 Å². The van der Waals surface area contributed by atoms with Crippen LogP contribution in [0.5, 0.6) is 0 Å². The largest absolute Gasteiger partial charge is 0.481 e. The van der Waals surface area contributed by atoms with Crippen molar-refractivity contribution in [2.24, 2.45) is 0 Å². The van der Waals surface area contributed by atoms with Gasteiger partial charge in [0.05, 0.1) is 11.5 Å². The van der Waals surface area contributed by atoms with Crippen LogP contribution in [0.3, 0.4) is 0 Å². The van der Waals surface area contributed by atoms with Gasteiger partial charge in [0.15, 0.2) is 0 Å². The zero-order valence-corrected chi connectivity index (χ0v) is 10.7. The average Bonchev–Trinajstić information content (AvgIpc) is 2.13. The monoisotopic (exact) mass is 263 g/mol. The van der Waals surface area contributed by atoms with Gasteiger partial charge in [-0.25, -0.2) is 0 Å². The number of carbonyl (C=O) groups is 3. The van der Waals surface area contributed by atoms with Crippen molar-refractivity contribution < 1.29 is 24.6 Å². The van der Waals surface area contributed by atoms with Crippen molar-refractivity contribution in [2.75, 3.05) is 11.5 Å². The number of nitrogens with one attached hydrogen (secondary N) is 1. The Morgan fingerprint density at radius 3 is 2.18 bits per heavy atom. The number of carboxylic acid groups (broad SMARTS) is 2. The number of amides is 1. The summed E-state index contributed by atoms with van der Waals surface area (Å²) in [6.45, 7) is 3.46. The van der Waals surface area contributed by atoms with E-state index < -0.39 is 17.5 Å². The van der Waals surface area contributed by atoms with E-state index in [4.69, 9.17) is 10.2 Å². The summed E-state index contributed by atoms with van der Waals surface area (Å²) in [5.74, 6) is -2.22. The van der Waals surface area contributed by atoms with E-state index in [0.29, 0.717) is 6.42 Å². The number of rotatable bonds is 8. The SMILES string of the molecule is CC(C)(CCC(=O)O)NC(=O)CSCC(=O)O. The third kappa shape index (κ3) is 9.68. The standard InChI is InChI=1S/C10H17NO5S/c1-10(2,4-3-8(13)14)11-7(12)5-17-6-9(15)16/h3-6H2,1-2H3,(H,11,12)(H,13,14)(H,15,16). The van der Waals surface area contributed by atoms with E-state index in [2.05, 4.69) is 5.32 Å². The van der Waals surface area contributed by atoms with E-state index in [1.54, 1.807) is 13.8 Å². The fraction of sp³-hybridized carbons (Fsp3) is 0.700. The molecule has 98 valence electrons. The van der Waals surface area contributed by atoms with Gasteiger partial charge >= 0.3 is 11.9 Å². The molecule has 6 nitrogen and oxygen atoms in total. The van der Waals surface area contributed by atoms with Crippen molar-refractivity contribution in [3.05, 3.63) is 0 Å². The minimum Gasteiger partial charge on any atom is -0.481 e. The maximum atomic E-state index is 11.4. The smallest absolute Gasteiger partial charge is 0.313 e. The van der Waals surface area contributed by atoms with Gasteiger partial charge in [-0.2, -0.15) is 0 Å². The molecule has 0 bridgehead atoms. The molecule has 0 aliphatic carbocycles. The number of thioether (sulfide) groups is 1. The Bertz CT molecular complexity index is 303. The fourth-order valence-electron chi connectivity index (χ4n) is 1.13. The van der Waals surface area contributed by atoms with Gasteiger partial charge in [0.1, 0.15) is 0 Å². The summed E-state index contributed by atoms with van der Waals surface area (Å²) in [5, 5.41) is 19.6. The molecule has 0 aromatic heterocycles. The van der Waals surface area contributed by atoms with E-state index in [9.17, 15) is 14.4 Å². The molecule has 3 N–H and O–H groups in total. The second-order valence-electron chi connectivity index (χ2n) is 4.21. The lowest BCUT2D eigenvalue weighted by molar-refractivity contribution is -0.138. The highest BCUT2D eigenvalue weighted by atomic mass is 32.2. The van der Waals surface area contributed by atoms with Gasteiger partial charge in [0.25, 0.3) is 0 Å². The normalized spacial score (nSPS) is 10.9. The Hall–Kier alpha value is -1.24. The quantitative estimate of drug-likeness (QED) is 0.591. The highest BCUT2D eigenvalue weighted by Crippen LogP contribution is 2.11. The van der Waals surface area contributed by atoms with E-state index in [1.165, 1.54) is 0 Å². The summed E-state index contributed by atoms with van der Waals surface area (Å²) < 4.78 is 0. The molecular weight excluding hydrogens is 246 g/mol. The predicted molar refractivity (Wildman–Crippen MR) is 64.1 cm³/mol. The summed E-state index contributed by atoms with van der Waals surface area (Å²) in [4.78, 5) is 32.0. The maximum Gasteiger partial charge on any atom is 0.313 e. The van der Waals surface area contributed by atoms with Gasteiger partial charge in [-0.1, -0.05) is 0 Å². The first-order chi connectivity index (χ1) is 7.73. The molecule has 0 aliphatic rings. The molecule has 0 saturated carbocycles. The number of hydrogen-bond donors (Lipinski definition) is 3.